The molecule has 2 unspecified atom stereocenters. The standard InChI is InChI=1S/C18H21F3O6/c1-4-17(2,10-13(22)25-3)16(24)27-14(12-8-6-5-7-9-12)15(23)26-11-18(19,20)21/h5-9,14H,4,10-11H2,1-3H3. The van der Waals surface area contributed by atoms with Gasteiger partial charge < -0.3 is 14.2 Å². The number of alkyl halides is 3. The first-order chi connectivity index (χ1) is 12.5. The molecular weight excluding hydrogens is 369 g/mol. The third-order valence-electron chi connectivity index (χ3n) is 3.95. The quantitative estimate of drug-likeness (QED) is 0.500. The van der Waals surface area contributed by atoms with E-state index in [9.17, 15) is 27.6 Å². The highest BCUT2D eigenvalue weighted by atomic mass is 19.4. The number of hydrogen-bond donors (Lipinski definition) is 0. The molecule has 150 valence electrons. The molecule has 1 rings (SSSR count). The van der Waals surface area contributed by atoms with E-state index in [4.69, 9.17) is 4.74 Å². The molecule has 6 nitrogen and oxygen atoms in total. The van der Waals surface area contributed by atoms with E-state index in [0.717, 1.165) is 7.11 Å². The van der Waals surface area contributed by atoms with Crippen LogP contribution in [0.4, 0.5) is 13.2 Å². The Morgan fingerprint density at radius 2 is 1.70 bits per heavy atom. The van der Waals surface area contributed by atoms with Gasteiger partial charge in [0.15, 0.2) is 6.61 Å². The second kappa shape index (κ2) is 9.38. The molecule has 1 aromatic carbocycles. The normalized spacial score (nSPS) is 14.6. The Morgan fingerprint density at radius 3 is 2.19 bits per heavy atom. The number of ether oxygens (including phenoxy) is 3. The molecule has 27 heavy (non-hydrogen) atoms. The molecule has 1 aromatic rings. The molecule has 0 aliphatic rings. The molecule has 0 radical (unpaired) electrons. The number of hydrogen-bond acceptors (Lipinski definition) is 6. The molecule has 0 aliphatic heterocycles. The van der Waals surface area contributed by atoms with E-state index in [0.29, 0.717) is 0 Å². The first kappa shape index (κ1) is 22.5. The van der Waals surface area contributed by atoms with Crippen LogP contribution in [0.25, 0.3) is 0 Å². The lowest BCUT2D eigenvalue weighted by molar-refractivity contribution is -0.197. The SMILES string of the molecule is CCC(C)(CC(=O)OC)C(=O)OC(C(=O)OCC(F)(F)F)c1ccccc1. The van der Waals surface area contributed by atoms with Crippen molar-refractivity contribution >= 4 is 17.9 Å². The monoisotopic (exact) mass is 390 g/mol. The van der Waals surface area contributed by atoms with Gasteiger partial charge in [0.25, 0.3) is 0 Å². The molecule has 0 spiro atoms. The summed E-state index contributed by atoms with van der Waals surface area (Å²) in [7, 11) is 1.16. The van der Waals surface area contributed by atoms with Crippen LogP contribution in [0.2, 0.25) is 0 Å². The molecule has 0 fully saturated rings. The first-order valence-corrected chi connectivity index (χ1v) is 8.08. The fourth-order valence-corrected chi connectivity index (χ4v) is 2.09. The van der Waals surface area contributed by atoms with Crippen LogP contribution < -0.4 is 0 Å². The minimum absolute atomic E-state index is 0.148. The maximum Gasteiger partial charge on any atom is 0.422 e. The topological polar surface area (TPSA) is 78.9 Å². The Labute approximate surface area is 154 Å². The molecule has 0 aromatic heterocycles. The van der Waals surface area contributed by atoms with E-state index in [1.54, 1.807) is 13.0 Å². The number of rotatable bonds is 8. The van der Waals surface area contributed by atoms with Gasteiger partial charge in [-0.25, -0.2) is 4.79 Å². The van der Waals surface area contributed by atoms with E-state index < -0.39 is 42.2 Å². The first-order valence-electron chi connectivity index (χ1n) is 8.08. The van der Waals surface area contributed by atoms with Gasteiger partial charge in [-0.2, -0.15) is 13.2 Å². The van der Waals surface area contributed by atoms with Gasteiger partial charge in [0.1, 0.15) is 0 Å². The molecule has 0 heterocycles. The summed E-state index contributed by atoms with van der Waals surface area (Å²) < 4.78 is 51.0. The Bertz CT molecular complexity index is 659. The largest absolute Gasteiger partial charge is 0.469 e. The summed E-state index contributed by atoms with van der Waals surface area (Å²) in [5.41, 5.74) is -1.17. The van der Waals surface area contributed by atoms with E-state index in [2.05, 4.69) is 9.47 Å². The van der Waals surface area contributed by atoms with E-state index in [-0.39, 0.29) is 18.4 Å². The van der Waals surface area contributed by atoms with Gasteiger partial charge in [-0.05, 0) is 13.3 Å². The molecule has 0 saturated carbocycles. The van der Waals surface area contributed by atoms with Gasteiger partial charge in [0, 0.05) is 5.56 Å². The van der Waals surface area contributed by atoms with Gasteiger partial charge in [0.05, 0.1) is 18.9 Å². The molecule has 0 aliphatic carbocycles. The van der Waals surface area contributed by atoms with Gasteiger partial charge in [-0.3, -0.25) is 9.59 Å². The minimum Gasteiger partial charge on any atom is -0.469 e. The lowest BCUT2D eigenvalue weighted by Crippen LogP contribution is -2.35. The number of benzene rings is 1. The van der Waals surface area contributed by atoms with E-state index in [1.807, 2.05) is 0 Å². The average Bonchev–Trinajstić information content (AvgIpc) is 2.63. The highest BCUT2D eigenvalue weighted by Crippen LogP contribution is 2.32. The predicted molar refractivity (Wildman–Crippen MR) is 87.3 cm³/mol. The van der Waals surface area contributed by atoms with Crippen molar-refractivity contribution in [2.24, 2.45) is 5.41 Å². The smallest absolute Gasteiger partial charge is 0.422 e. The number of esters is 3. The maximum absolute atomic E-state index is 12.6. The summed E-state index contributed by atoms with van der Waals surface area (Å²) in [6.45, 7) is 1.26. The van der Waals surface area contributed by atoms with Crippen molar-refractivity contribution in [1.29, 1.82) is 0 Å². The summed E-state index contributed by atoms with van der Waals surface area (Å²) in [5, 5.41) is 0. The lowest BCUT2D eigenvalue weighted by Gasteiger charge is -2.27. The molecule has 9 heteroatoms. The molecule has 2 atom stereocenters. The number of carbonyl (C=O) groups excluding carboxylic acids is 3. The van der Waals surface area contributed by atoms with Gasteiger partial charge in [-0.15, -0.1) is 0 Å². The zero-order valence-electron chi connectivity index (χ0n) is 15.2. The van der Waals surface area contributed by atoms with Crippen molar-refractivity contribution < 1.29 is 41.8 Å². The van der Waals surface area contributed by atoms with Crippen LogP contribution in [0, 0.1) is 5.41 Å². The van der Waals surface area contributed by atoms with Crippen molar-refractivity contribution in [3.63, 3.8) is 0 Å². The van der Waals surface area contributed by atoms with Crippen LogP contribution in [0.5, 0.6) is 0 Å². The highest BCUT2D eigenvalue weighted by molar-refractivity contribution is 5.86. The van der Waals surface area contributed by atoms with Crippen LogP contribution in [0.1, 0.15) is 38.4 Å². The molecule has 0 N–H and O–H groups in total. The number of carbonyl (C=O) groups is 3. The van der Waals surface area contributed by atoms with E-state index in [1.165, 1.54) is 31.2 Å². The second-order valence-electron chi connectivity index (χ2n) is 6.09. The summed E-state index contributed by atoms with van der Waals surface area (Å²) >= 11 is 0. The lowest BCUT2D eigenvalue weighted by atomic mass is 9.84. The third kappa shape index (κ3) is 6.92. The number of methoxy groups -OCH3 is 1. The summed E-state index contributed by atoms with van der Waals surface area (Å²) in [6.07, 6.45) is -6.54. The molecule has 0 saturated heterocycles. The Kier molecular flexibility index (Phi) is 7.81. The maximum atomic E-state index is 12.6. The number of halogens is 3. The molecular formula is C18H21F3O6. The highest BCUT2D eigenvalue weighted by Gasteiger charge is 2.40. The predicted octanol–water partition coefficient (Wildman–Crippen LogP) is 3.36. The zero-order valence-corrected chi connectivity index (χ0v) is 15.2. The average molecular weight is 390 g/mol. The van der Waals surface area contributed by atoms with Crippen molar-refractivity contribution in [2.45, 2.75) is 39.0 Å². The van der Waals surface area contributed by atoms with Crippen LogP contribution in [-0.2, 0) is 28.6 Å². The fraction of sp³-hybridized carbons (Fsp3) is 0.500. The van der Waals surface area contributed by atoms with Gasteiger partial charge in [0.2, 0.25) is 6.10 Å². The zero-order chi connectivity index (χ0) is 20.7. The van der Waals surface area contributed by atoms with E-state index >= 15 is 0 Å². The summed E-state index contributed by atoms with van der Waals surface area (Å²) in [6, 6.07) is 7.50. The van der Waals surface area contributed by atoms with Crippen LogP contribution in [0.15, 0.2) is 30.3 Å². The summed E-state index contributed by atoms with van der Waals surface area (Å²) in [5.74, 6) is -2.94. The molecule has 0 amide bonds. The fourth-order valence-electron chi connectivity index (χ4n) is 2.09. The Hall–Kier alpha value is -2.58. The molecule has 0 bridgehead atoms. The Balaban J connectivity index is 3.04. The minimum atomic E-state index is -4.72. The summed E-state index contributed by atoms with van der Waals surface area (Å²) in [4.78, 5) is 36.3. The third-order valence-corrected chi connectivity index (χ3v) is 3.95. The van der Waals surface area contributed by atoms with Crippen molar-refractivity contribution in [3.8, 4) is 0 Å². The Morgan fingerprint density at radius 1 is 1.11 bits per heavy atom. The van der Waals surface area contributed by atoms with Crippen molar-refractivity contribution in [3.05, 3.63) is 35.9 Å². The van der Waals surface area contributed by atoms with Crippen LogP contribution >= 0.6 is 0 Å². The van der Waals surface area contributed by atoms with Crippen molar-refractivity contribution in [2.75, 3.05) is 13.7 Å². The van der Waals surface area contributed by atoms with Gasteiger partial charge >= 0.3 is 24.1 Å². The van der Waals surface area contributed by atoms with Crippen LogP contribution in [-0.4, -0.2) is 37.8 Å². The van der Waals surface area contributed by atoms with Gasteiger partial charge in [-0.1, -0.05) is 37.3 Å². The van der Waals surface area contributed by atoms with Crippen molar-refractivity contribution in [1.82, 2.24) is 0 Å². The van der Waals surface area contributed by atoms with Crippen LogP contribution in [0.3, 0.4) is 0 Å². The second-order valence-corrected chi connectivity index (χ2v) is 6.09.